The van der Waals surface area contributed by atoms with Gasteiger partial charge in [-0.15, -0.1) is 0 Å². The Labute approximate surface area is 180 Å². The Kier molecular flexibility index (Phi) is 5.50. The summed E-state index contributed by atoms with van der Waals surface area (Å²) in [6, 6.07) is 4.62. The summed E-state index contributed by atoms with van der Waals surface area (Å²) in [5, 5.41) is 10.9. The van der Waals surface area contributed by atoms with Crippen LogP contribution in [0.5, 0.6) is 5.75 Å². The summed E-state index contributed by atoms with van der Waals surface area (Å²) < 4.78 is 48.6. The number of allylic oxidation sites excluding steroid dienone is 2. The van der Waals surface area contributed by atoms with Gasteiger partial charge in [0.2, 0.25) is 0 Å². The summed E-state index contributed by atoms with van der Waals surface area (Å²) in [5.41, 5.74) is 3.25. The summed E-state index contributed by atoms with van der Waals surface area (Å²) in [6.07, 6.45) is 4.86. The molecule has 0 amide bonds. The van der Waals surface area contributed by atoms with E-state index in [1.165, 1.54) is 11.8 Å². The van der Waals surface area contributed by atoms with Crippen LogP contribution in [0, 0.1) is 18.3 Å². The van der Waals surface area contributed by atoms with Crippen molar-refractivity contribution in [3.05, 3.63) is 47.2 Å². The molecule has 1 saturated carbocycles. The minimum absolute atomic E-state index is 0.145. The fourth-order valence-electron chi connectivity index (χ4n) is 4.85. The normalized spacial score (nSPS) is 18.4. The van der Waals surface area contributed by atoms with Gasteiger partial charge in [0.25, 0.3) is 0 Å². The lowest BCUT2D eigenvalue weighted by Gasteiger charge is -2.36. The summed E-state index contributed by atoms with van der Waals surface area (Å²) in [7, 11) is 1.58. The molecule has 1 aliphatic carbocycles. The summed E-state index contributed by atoms with van der Waals surface area (Å²) in [4.78, 5) is 1.35. The first kappa shape index (κ1) is 21.4. The number of alkyl halides is 3. The third kappa shape index (κ3) is 3.58. The number of ether oxygens (including phenoxy) is 1. The topological polar surface area (TPSA) is 41.2 Å². The number of methoxy groups -OCH3 is 1. The van der Waals surface area contributed by atoms with Gasteiger partial charge in [-0.2, -0.15) is 18.4 Å². The first-order valence-electron chi connectivity index (χ1n) is 10.6. The minimum atomic E-state index is -4.37. The van der Waals surface area contributed by atoms with E-state index in [9.17, 15) is 18.4 Å². The SMILES string of the molecule is COc1cc2c(C#N)c(C3=CC=CCN3[C@@H](C)C(F)(F)F)n(C3CCCC3)c2cc1C. The Hall–Kier alpha value is -2.88. The lowest BCUT2D eigenvalue weighted by atomic mass is 10.0. The van der Waals surface area contributed by atoms with E-state index < -0.39 is 12.2 Å². The van der Waals surface area contributed by atoms with Gasteiger partial charge < -0.3 is 14.2 Å². The van der Waals surface area contributed by atoms with Crippen LogP contribution >= 0.6 is 0 Å². The van der Waals surface area contributed by atoms with Crippen LogP contribution in [-0.2, 0) is 0 Å². The van der Waals surface area contributed by atoms with Crippen LogP contribution in [-0.4, -0.2) is 35.3 Å². The van der Waals surface area contributed by atoms with Crippen molar-refractivity contribution in [3.8, 4) is 11.8 Å². The number of rotatable bonds is 4. The first-order valence-corrected chi connectivity index (χ1v) is 10.6. The van der Waals surface area contributed by atoms with E-state index in [4.69, 9.17) is 4.74 Å². The van der Waals surface area contributed by atoms with Gasteiger partial charge in [0.05, 0.1) is 29.6 Å². The lowest BCUT2D eigenvalue weighted by Crippen LogP contribution is -2.43. The third-order valence-electron chi connectivity index (χ3n) is 6.51. The predicted molar refractivity (Wildman–Crippen MR) is 115 cm³/mol. The van der Waals surface area contributed by atoms with Gasteiger partial charge in [-0.1, -0.05) is 25.0 Å². The Morgan fingerprint density at radius 3 is 2.55 bits per heavy atom. The second-order valence-electron chi connectivity index (χ2n) is 8.33. The number of fused-ring (bicyclic) bond motifs is 1. The molecule has 31 heavy (non-hydrogen) atoms. The minimum Gasteiger partial charge on any atom is -0.496 e. The zero-order valence-corrected chi connectivity index (χ0v) is 18.0. The van der Waals surface area contributed by atoms with Gasteiger partial charge in [-0.3, -0.25) is 0 Å². The molecule has 1 aromatic carbocycles. The van der Waals surface area contributed by atoms with Crippen molar-refractivity contribution in [2.75, 3.05) is 13.7 Å². The molecule has 0 radical (unpaired) electrons. The number of benzene rings is 1. The predicted octanol–water partition coefficient (Wildman–Crippen LogP) is 6.11. The van der Waals surface area contributed by atoms with Crippen molar-refractivity contribution in [2.24, 2.45) is 0 Å². The number of hydrogen-bond donors (Lipinski definition) is 0. The standard InChI is InChI=1S/C24H26F3N3O/c1-15-12-21-18(13-22(15)31-3)19(14-28)23(30(21)17-8-4-5-9-17)20-10-6-7-11-29(20)16(2)24(25,26)27/h6-7,10,12-13,16-17H,4-5,8-9,11H2,1-3H3/t16-/m0/s1. The van der Waals surface area contributed by atoms with Gasteiger partial charge in [-0.05, 0) is 50.5 Å². The molecule has 0 saturated heterocycles. The maximum absolute atomic E-state index is 13.7. The number of aromatic nitrogens is 1. The van der Waals surface area contributed by atoms with E-state index in [1.54, 1.807) is 25.3 Å². The van der Waals surface area contributed by atoms with E-state index in [0.717, 1.165) is 42.1 Å². The largest absolute Gasteiger partial charge is 0.496 e. The fraction of sp³-hybridized carbons (Fsp3) is 0.458. The summed E-state index contributed by atoms with van der Waals surface area (Å²) in [5.74, 6) is 0.664. The van der Waals surface area contributed by atoms with Gasteiger partial charge in [0, 0.05) is 18.0 Å². The van der Waals surface area contributed by atoms with Crippen LogP contribution in [0.2, 0.25) is 0 Å². The number of nitriles is 1. The van der Waals surface area contributed by atoms with Crippen LogP contribution in [0.25, 0.3) is 16.6 Å². The molecule has 4 nitrogen and oxygen atoms in total. The van der Waals surface area contributed by atoms with Crippen LogP contribution in [0.4, 0.5) is 13.2 Å². The smallest absolute Gasteiger partial charge is 0.408 e. The van der Waals surface area contributed by atoms with Crippen LogP contribution in [0.3, 0.4) is 0 Å². The van der Waals surface area contributed by atoms with Crippen LogP contribution in [0.15, 0.2) is 30.4 Å². The van der Waals surface area contributed by atoms with Crippen molar-refractivity contribution in [3.63, 3.8) is 0 Å². The molecule has 7 heteroatoms. The highest BCUT2D eigenvalue weighted by molar-refractivity contribution is 5.94. The van der Waals surface area contributed by atoms with E-state index in [2.05, 4.69) is 10.6 Å². The average Bonchev–Trinajstić information content (AvgIpc) is 3.37. The molecule has 2 aromatic rings. The highest BCUT2D eigenvalue weighted by atomic mass is 19.4. The number of halogens is 3. The molecule has 1 fully saturated rings. The maximum Gasteiger partial charge on any atom is 0.408 e. The monoisotopic (exact) mass is 429 g/mol. The third-order valence-corrected chi connectivity index (χ3v) is 6.51. The van der Waals surface area contributed by atoms with Gasteiger partial charge in [0.1, 0.15) is 17.9 Å². The Balaban J connectivity index is 2.02. The van der Waals surface area contributed by atoms with Gasteiger partial charge in [0.15, 0.2) is 0 Å². The molecule has 2 aliphatic rings. The molecule has 0 bridgehead atoms. The van der Waals surface area contributed by atoms with Crippen molar-refractivity contribution < 1.29 is 17.9 Å². The van der Waals surface area contributed by atoms with Gasteiger partial charge >= 0.3 is 6.18 Å². The molecule has 1 atom stereocenters. The molecule has 2 heterocycles. The number of nitrogens with zero attached hydrogens (tertiary/aromatic N) is 3. The summed E-state index contributed by atoms with van der Waals surface area (Å²) in [6.45, 7) is 3.26. The van der Waals surface area contributed by atoms with Crippen molar-refractivity contribution in [1.82, 2.24) is 9.47 Å². The van der Waals surface area contributed by atoms with E-state index in [-0.39, 0.29) is 12.6 Å². The molecule has 0 unspecified atom stereocenters. The number of aryl methyl sites for hydroxylation is 1. The van der Waals surface area contributed by atoms with E-state index in [1.807, 2.05) is 19.1 Å². The maximum atomic E-state index is 13.7. The van der Waals surface area contributed by atoms with Gasteiger partial charge in [-0.25, -0.2) is 0 Å². The van der Waals surface area contributed by atoms with Crippen molar-refractivity contribution in [1.29, 1.82) is 5.26 Å². The molecule has 4 rings (SSSR count). The van der Waals surface area contributed by atoms with Crippen LogP contribution in [0.1, 0.15) is 55.5 Å². The van der Waals surface area contributed by atoms with Crippen molar-refractivity contribution in [2.45, 2.75) is 57.8 Å². The quantitative estimate of drug-likeness (QED) is 0.589. The molecule has 1 aliphatic heterocycles. The Morgan fingerprint density at radius 1 is 1.23 bits per heavy atom. The molecule has 0 N–H and O–H groups in total. The molecule has 0 spiro atoms. The molecular formula is C24H26F3N3O. The highest BCUT2D eigenvalue weighted by Gasteiger charge is 2.42. The zero-order valence-electron chi connectivity index (χ0n) is 18.0. The second kappa shape index (κ2) is 7.99. The first-order chi connectivity index (χ1) is 14.8. The molecule has 164 valence electrons. The zero-order chi connectivity index (χ0) is 22.3. The lowest BCUT2D eigenvalue weighted by molar-refractivity contribution is -0.169. The Bertz CT molecular complexity index is 1100. The average molecular weight is 429 g/mol. The molecule has 1 aromatic heterocycles. The Morgan fingerprint density at radius 2 is 1.94 bits per heavy atom. The van der Waals surface area contributed by atoms with Crippen molar-refractivity contribution >= 4 is 16.6 Å². The van der Waals surface area contributed by atoms with E-state index in [0.29, 0.717) is 22.7 Å². The fourth-order valence-corrected chi connectivity index (χ4v) is 4.85. The number of hydrogen-bond acceptors (Lipinski definition) is 3. The highest BCUT2D eigenvalue weighted by Crippen LogP contribution is 2.43. The molecular weight excluding hydrogens is 403 g/mol. The summed E-state index contributed by atoms with van der Waals surface area (Å²) >= 11 is 0. The van der Waals surface area contributed by atoms with Crippen LogP contribution < -0.4 is 4.74 Å². The van der Waals surface area contributed by atoms with E-state index >= 15 is 0 Å². The second-order valence-corrected chi connectivity index (χ2v) is 8.33.